The first-order valence-corrected chi connectivity index (χ1v) is 7.78. The van der Waals surface area contributed by atoms with Gasteiger partial charge in [-0.3, -0.25) is 4.79 Å². The molecule has 6 nitrogen and oxygen atoms in total. The molecule has 0 bridgehead atoms. The number of halogens is 1. The molecule has 0 radical (unpaired) electrons. The zero-order chi connectivity index (χ0) is 18.6. The van der Waals surface area contributed by atoms with E-state index in [0.717, 1.165) is 0 Å². The molecule has 1 amide bonds. The average molecular weight is 364 g/mol. The van der Waals surface area contributed by atoms with E-state index in [1.165, 1.54) is 21.0 Å². The number of carbonyl (C=O) groups excluding carboxylic acids is 1. The Morgan fingerprint density at radius 2 is 1.76 bits per heavy atom. The number of rotatable bonds is 6. The normalized spacial score (nSPS) is 10.9. The third kappa shape index (κ3) is 4.64. The number of carboxylic acids is 1. The highest BCUT2D eigenvalue weighted by Gasteiger charge is 2.29. The van der Waals surface area contributed by atoms with Gasteiger partial charge >= 0.3 is 5.97 Å². The molecule has 0 atom stereocenters. The van der Waals surface area contributed by atoms with Crippen LogP contribution in [0.5, 0.6) is 11.5 Å². The van der Waals surface area contributed by atoms with E-state index < -0.39 is 11.6 Å². The SMILES string of the molecule is COc1ccc(NC(=O)c2ccc(OC(C)(C)C(=O)O)cc2)cc1Cl. The van der Waals surface area contributed by atoms with Crippen LogP contribution in [0.1, 0.15) is 24.2 Å². The largest absolute Gasteiger partial charge is 0.495 e. The van der Waals surface area contributed by atoms with Crippen LogP contribution >= 0.6 is 11.6 Å². The van der Waals surface area contributed by atoms with Crippen molar-refractivity contribution in [3.8, 4) is 11.5 Å². The summed E-state index contributed by atoms with van der Waals surface area (Å²) in [5, 5.41) is 12.2. The minimum Gasteiger partial charge on any atom is -0.495 e. The summed E-state index contributed by atoms with van der Waals surface area (Å²) in [6.07, 6.45) is 0. The Hall–Kier alpha value is -2.73. The number of carbonyl (C=O) groups is 2. The van der Waals surface area contributed by atoms with Gasteiger partial charge in [0.25, 0.3) is 5.91 Å². The lowest BCUT2D eigenvalue weighted by molar-refractivity contribution is -0.152. The van der Waals surface area contributed by atoms with Crippen LogP contribution < -0.4 is 14.8 Å². The molecule has 0 fully saturated rings. The van der Waals surface area contributed by atoms with E-state index in [1.807, 2.05) is 0 Å². The number of anilines is 1. The Morgan fingerprint density at radius 3 is 2.28 bits per heavy atom. The van der Waals surface area contributed by atoms with E-state index in [0.29, 0.717) is 27.8 Å². The van der Waals surface area contributed by atoms with E-state index in [-0.39, 0.29) is 5.91 Å². The fraction of sp³-hybridized carbons (Fsp3) is 0.222. The first kappa shape index (κ1) is 18.6. The number of nitrogens with one attached hydrogen (secondary N) is 1. The van der Waals surface area contributed by atoms with Gasteiger partial charge in [-0.2, -0.15) is 0 Å². The molecule has 0 heterocycles. The minimum absolute atomic E-state index is 0.328. The van der Waals surface area contributed by atoms with Crippen molar-refractivity contribution < 1.29 is 24.2 Å². The van der Waals surface area contributed by atoms with Crippen LogP contribution in [0.2, 0.25) is 5.02 Å². The van der Waals surface area contributed by atoms with E-state index in [4.69, 9.17) is 26.2 Å². The summed E-state index contributed by atoms with van der Waals surface area (Å²) in [6.45, 7) is 2.90. The quantitative estimate of drug-likeness (QED) is 0.814. The highest BCUT2D eigenvalue weighted by atomic mass is 35.5. The number of aliphatic carboxylic acids is 1. The molecule has 132 valence electrons. The van der Waals surface area contributed by atoms with Crippen molar-refractivity contribution in [2.24, 2.45) is 0 Å². The van der Waals surface area contributed by atoms with Crippen LogP contribution in [0, 0.1) is 0 Å². The number of methoxy groups -OCH3 is 1. The Morgan fingerprint density at radius 1 is 1.12 bits per heavy atom. The van der Waals surface area contributed by atoms with E-state index in [9.17, 15) is 9.59 Å². The molecule has 7 heteroatoms. The smallest absolute Gasteiger partial charge is 0.347 e. The summed E-state index contributed by atoms with van der Waals surface area (Å²) >= 11 is 6.03. The van der Waals surface area contributed by atoms with E-state index in [1.54, 1.807) is 42.5 Å². The molecular weight excluding hydrogens is 346 g/mol. The van der Waals surface area contributed by atoms with Gasteiger partial charge in [-0.15, -0.1) is 0 Å². The lowest BCUT2D eigenvalue weighted by atomic mass is 10.1. The first-order chi connectivity index (χ1) is 11.7. The second-order valence-corrected chi connectivity index (χ2v) is 6.15. The Balaban J connectivity index is 2.08. The van der Waals surface area contributed by atoms with Crippen molar-refractivity contribution in [1.29, 1.82) is 0 Å². The van der Waals surface area contributed by atoms with Gasteiger partial charge in [0.15, 0.2) is 5.60 Å². The molecule has 2 aromatic rings. The predicted molar refractivity (Wildman–Crippen MR) is 94.7 cm³/mol. The molecule has 0 aliphatic heterocycles. The molecule has 0 spiro atoms. The van der Waals surface area contributed by atoms with Crippen LogP contribution in [0.25, 0.3) is 0 Å². The molecule has 0 aliphatic carbocycles. The van der Waals surface area contributed by atoms with Gasteiger partial charge in [-0.05, 0) is 56.3 Å². The van der Waals surface area contributed by atoms with Crippen molar-refractivity contribution >= 4 is 29.2 Å². The summed E-state index contributed by atoms with van der Waals surface area (Å²) in [5.74, 6) is -0.533. The van der Waals surface area contributed by atoms with Crippen LogP contribution in [0.15, 0.2) is 42.5 Å². The van der Waals surface area contributed by atoms with Gasteiger partial charge in [0, 0.05) is 11.3 Å². The van der Waals surface area contributed by atoms with Gasteiger partial charge in [0.1, 0.15) is 11.5 Å². The summed E-state index contributed by atoms with van der Waals surface area (Å²) < 4.78 is 10.5. The minimum atomic E-state index is -1.36. The summed E-state index contributed by atoms with van der Waals surface area (Å²) in [4.78, 5) is 23.3. The fourth-order valence-electron chi connectivity index (χ4n) is 1.96. The van der Waals surface area contributed by atoms with Crippen molar-refractivity contribution in [2.45, 2.75) is 19.4 Å². The Kier molecular flexibility index (Phi) is 5.54. The number of hydrogen-bond acceptors (Lipinski definition) is 4. The Labute approximate surface area is 150 Å². The van der Waals surface area contributed by atoms with Crippen LogP contribution in [-0.2, 0) is 4.79 Å². The predicted octanol–water partition coefficient (Wildman–Crippen LogP) is 3.84. The van der Waals surface area contributed by atoms with Gasteiger partial charge in [-0.25, -0.2) is 4.79 Å². The zero-order valence-corrected chi connectivity index (χ0v) is 14.8. The van der Waals surface area contributed by atoms with E-state index in [2.05, 4.69) is 5.32 Å². The number of amides is 1. The van der Waals surface area contributed by atoms with Crippen LogP contribution in [-0.4, -0.2) is 29.7 Å². The first-order valence-electron chi connectivity index (χ1n) is 7.40. The summed E-state index contributed by atoms with van der Waals surface area (Å²) in [5.41, 5.74) is -0.431. The van der Waals surface area contributed by atoms with E-state index >= 15 is 0 Å². The van der Waals surface area contributed by atoms with Gasteiger partial charge in [-0.1, -0.05) is 11.6 Å². The van der Waals surface area contributed by atoms with Crippen molar-refractivity contribution in [3.05, 3.63) is 53.1 Å². The monoisotopic (exact) mass is 363 g/mol. The van der Waals surface area contributed by atoms with Crippen molar-refractivity contribution in [3.63, 3.8) is 0 Å². The number of carboxylic acid groups (broad SMARTS) is 1. The number of ether oxygens (including phenoxy) is 2. The fourth-order valence-corrected chi connectivity index (χ4v) is 2.22. The standard InChI is InChI=1S/C18H18ClNO5/c1-18(2,17(22)23)25-13-7-4-11(5-8-13)16(21)20-12-6-9-15(24-3)14(19)10-12/h4-10H,1-3H3,(H,20,21)(H,22,23). The maximum Gasteiger partial charge on any atom is 0.347 e. The third-order valence-electron chi connectivity index (χ3n) is 3.41. The molecule has 0 saturated carbocycles. The van der Waals surface area contributed by atoms with Crippen molar-refractivity contribution in [1.82, 2.24) is 0 Å². The van der Waals surface area contributed by atoms with Crippen LogP contribution in [0.3, 0.4) is 0 Å². The topological polar surface area (TPSA) is 84.9 Å². The molecule has 2 N–H and O–H groups in total. The molecule has 0 aliphatic rings. The Bertz CT molecular complexity index is 787. The molecule has 2 aromatic carbocycles. The van der Waals surface area contributed by atoms with Crippen molar-refractivity contribution in [2.75, 3.05) is 12.4 Å². The maximum absolute atomic E-state index is 12.3. The summed E-state index contributed by atoms with van der Waals surface area (Å²) in [6, 6.07) is 11.1. The lowest BCUT2D eigenvalue weighted by Gasteiger charge is -2.21. The lowest BCUT2D eigenvalue weighted by Crippen LogP contribution is -2.37. The van der Waals surface area contributed by atoms with Gasteiger partial charge in [0.05, 0.1) is 12.1 Å². The molecule has 25 heavy (non-hydrogen) atoms. The highest BCUT2D eigenvalue weighted by molar-refractivity contribution is 6.32. The van der Waals surface area contributed by atoms with Gasteiger partial charge < -0.3 is 19.9 Å². The molecule has 0 unspecified atom stereocenters. The molecular formula is C18H18ClNO5. The average Bonchev–Trinajstić information content (AvgIpc) is 2.55. The second-order valence-electron chi connectivity index (χ2n) is 5.75. The second kappa shape index (κ2) is 7.44. The summed E-state index contributed by atoms with van der Waals surface area (Å²) in [7, 11) is 1.51. The molecule has 0 aromatic heterocycles. The molecule has 0 saturated heterocycles. The number of hydrogen-bond donors (Lipinski definition) is 2. The molecule has 2 rings (SSSR count). The number of benzene rings is 2. The van der Waals surface area contributed by atoms with Gasteiger partial charge in [0.2, 0.25) is 0 Å². The maximum atomic E-state index is 12.3. The zero-order valence-electron chi connectivity index (χ0n) is 14.0. The van der Waals surface area contributed by atoms with Crippen LogP contribution in [0.4, 0.5) is 5.69 Å². The highest BCUT2D eigenvalue weighted by Crippen LogP contribution is 2.27. The third-order valence-corrected chi connectivity index (χ3v) is 3.71.